The van der Waals surface area contributed by atoms with Crippen LogP contribution in [0.15, 0.2) is 34.1 Å². The van der Waals surface area contributed by atoms with Crippen LogP contribution in [-0.4, -0.2) is 80.5 Å². The first-order valence-corrected chi connectivity index (χ1v) is 16.9. The maximum Gasteiger partial charge on any atom is 0.351 e. The molecule has 14 heteroatoms. The Morgan fingerprint density at radius 3 is 2.10 bits per heavy atom. The Balaban J connectivity index is 1.15. The molecule has 234 valence electrons. The summed E-state index contributed by atoms with van der Waals surface area (Å²) in [6.07, 6.45) is 7.57. The third kappa shape index (κ3) is 9.98. The van der Waals surface area contributed by atoms with E-state index in [0.717, 1.165) is 38.7 Å². The summed E-state index contributed by atoms with van der Waals surface area (Å²) in [5, 5.41) is 6.53. The lowest BCUT2D eigenvalue weighted by atomic mass is 10.2. The van der Waals surface area contributed by atoms with Gasteiger partial charge in [-0.1, -0.05) is 20.3 Å². The zero-order valence-corrected chi connectivity index (χ0v) is 26.4. The van der Waals surface area contributed by atoms with E-state index in [9.17, 15) is 9.59 Å². The fourth-order valence-electron chi connectivity index (χ4n) is 4.50. The number of hydrogen-bond donors (Lipinski definition) is 2. The number of rotatable bonds is 18. The van der Waals surface area contributed by atoms with Gasteiger partial charge in [-0.05, 0) is 44.7 Å². The fraction of sp³-hybridized carbons (Fsp3) is 0.714. The molecule has 5 atom stereocenters. The summed E-state index contributed by atoms with van der Waals surface area (Å²) >= 11 is 3.31. The first kappa shape index (κ1) is 32.8. The molecule has 0 aromatic carbocycles. The second kappa shape index (κ2) is 17.3. The van der Waals surface area contributed by atoms with Gasteiger partial charge in [0.1, 0.15) is 35.0 Å². The summed E-state index contributed by atoms with van der Waals surface area (Å²) in [5.74, 6) is 2.45. The van der Waals surface area contributed by atoms with Crippen molar-refractivity contribution in [1.29, 1.82) is 0 Å². The summed E-state index contributed by atoms with van der Waals surface area (Å²) in [6.45, 7) is 9.39. The summed E-state index contributed by atoms with van der Waals surface area (Å²) < 4.78 is 26.2. The molecule has 4 rings (SSSR count). The molecule has 0 aliphatic carbocycles. The smallest absolute Gasteiger partial charge is 0.351 e. The van der Waals surface area contributed by atoms with Crippen molar-refractivity contribution in [1.82, 2.24) is 19.1 Å². The average Bonchev–Trinajstić information content (AvgIpc) is 3.64. The summed E-state index contributed by atoms with van der Waals surface area (Å²) in [5.41, 5.74) is -0.813. The topological polar surface area (TPSA) is 131 Å². The molecule has 0 amide bonds. The van der Waals surface area contributed by atoms with Crippen molar-refractivity contribution in [3.8, 4) is 0 Å². The van der Waals surface area contributed by atoms with Crippen LogP contribution in [0.4, 0.5) is 11.6 Å². The Kier molecular flexibility index (Phi) is 13.5. The van der Waals surface area contributed by atoms with E-state index in [4.69, 9.17) is 18.9 Å². The minimum Gasteiger partial charge on any atom is -0.378 e. The van der Waals surface area contributed by atoms with Gasteiger partial charge >= 0.3 is 11.4 Å². The van der Waals surface area contributed by atoms with Crippen LogP contribution in [0.2, 0.25) is 0 Å². The monoisotopic (exact) mass is 624 g/mol. The molecule has 0 spiro atoms. The molecule has 1 unspecified atom stereocenters. The van der Waals surface area contributed by atoms with Gasteiger partial charge in [0.15, 0.2) is 0 Å². The average molecular weight is 625 g/mol. The van der Waals surface area contributed by atoms with E-state index < -0.39 is 0 Å². The second-order valence-corrected chi connectivity index (χ2v) is 12.7. The van der Waals surface area contributed by atoms with Gasteiger partial charge in [-0.25, -0.2) is 9.59 Å². The Morgan fingerprint density at radius 2 is 1.50 bits per heavy atom. The van der Waals surface area contributed by atoms with E-state index in [1.165, 1.54) is 9.13 Å². The molecule has 42 heavy (non-hydrogen) atoms. The van der Waals surface area contributed by atoms with Crippen LogP contribution in [0, 0.1) is 0 Å². The predicted octanol–water partition coefficient (Wildman–Crippen LogP) is 3.91. The van der Waals surface area contributed by atoms with Crippen molar-refractivity contribution >= 4 is 35.2 Å². The van der Waals surface area contributed by atoms with Crippen molar-refractivity contribution in [3.05, 3.63) is 45.5 Å². The van der Waals surface area contributed by atoms with Crippen molar-refractivity contribution in [2.24, 2.45) is 0 Å². The molecule has 2 N–H and O–H groups in total. The minimum atomic E-state index is -0.339. The van der Waals surface area contributed by atoms with Crippen molar-refractivity contribution in [2.75, 3.05) is 55.1 Å². The van der Waals surface area contributed by atoms with Gasteiger partial charge in [0.25, 0.3) is 0 Å². The van der Waals surface area contributed by atoms with Crippen molar-refractivity contribution in [2.45, 2.75) is 82.2 Å². The quantitative estimate of drug-likeness (QED) is 0.233. The van der Waals surface area contributed by atoms with Crippen LogP contribution in [0.5, 0.6) is 0 Å². The van der Waals surface area contributed by atoms with Gasteiger partial charge < -0.3 is 29.6 Å². The van der Waals surface area contributed by atoms with Gasteiger partial charge in [-0.3, -0.25) is 9.13 Å². The van der Waals surface area contributed by atoms with Crippen molar-refractivity contribution in [3.63, 3.8) is 0 Å². The Labute approximate surface area is 255 Å². The molecule has 2 aliphatic rings. The second-order valence-electron chi connectivity index (χ2n) is 10.3. The number of hydrogen-bond acceptors (Lipinski definition) is 12. The van der Waals surface area contributed by atoms with E-state index in [1.807, 2.05) is 6.92 Å². The minimum absolute atomic E-state index is 0.0670. The van der Waals surface area contributed by atoms with E-state index in [2.05, 4.69) is 34.4 Å². The van der Waals surface area contributed by atoms with E-state index in [0.29, 0.717) is 49.5 Å². The maximum atomic E-state index is 12.7. The zero-order valence-electron chi connectivity index (χ0n) is 24.7. The third-order valence-electron chi connectivity index (χ3n) is 6.76. The molecule has 4 heterocycles. The van der Waals surface area contributed by atoms with Gasteiger partial charge in [-0.2, -0.15) is 9.97 Å². The third-order valence-corrected chi connectivity index (χ3v) is 8.95. The van der Waals surface area contributed by atoms with Crippen LogP contribution in [0.25, 0.3) is 0 Å². The summed E-state index contributed by atoms with van der Waals surface area (Å²) in [4.78, 5) is 33.6. The molecule has 0 radical (unpaired) electrons. The van der Waals surface area contributed by atoms with Crippen LogP contribution < -0.4 is 22.0 Å². The first-order chi connectivity index (χ1) is 20.5. The van der Waals surface area contributed by atoms with Crippen LogP contribution >= 0.6 is 23.5 Å². The number of anilines is 2. The summed E-state index contributed by atoms with van der Waals surface area (Å²) in [7, 11) is 0. The molecule has 0 saturated carbocycles. The highest BCUT2D eigenvalue weighted by Crippen LogP contribution is 2.32. The maximum absolute atomic E-state index is 12.7. The highest BCUT2D eigenvalue weighted by molar-refractivity contribution is 8.00. The lowest BCUT2D eigenvalue weighted by Crippen LogP contribution is -2.30. The Morgan fingerprint density at radius 1 is 0.905 bits per heavy atom. The van der Waals surface area contributed by atoms with Gasteiger partial charge in [0.05, 0.1) is 13.2 Å². The molecule has 2 aromatic rings. The molecule has 2 aliphatic heterocycles. The molecule has 2 fully saturated rings. The van der Waals surface area contributed by atoms with E-state index >= 15 is 0 Å². The number of nitrogens with zero attached hydrogens (tertiary/aromatic N) is 4. The molecular formula is C28H44N6O6S2. The summed E-state index contributed by atoms with van der Waals surface area (Å²) in [6, 6.07) is 3.71. The van der Waals surface area contributed by atoms with E-state index in [-0.39, 0.29) is 40.7 Å². The van der Waals surface area contributed by atoms with Crippen molar-refractivity contribution < 1.29 is 18.9 Å². The number of thioether (sulfide) groups is 2. The Hall–Kier alpha value is -2.10. The highest BCUT2D eigenvalue weighted by atomic mass is 32.2. The molecule has 2 aromatic heterocycles. The molecular weight excluding hydrogens is 580 g/mol. The Bertz CT molecular complexity index is 1220. The largest absolute Gasteiger partial charge is 0.378 e. The van der Waals surface area contributed by atoms with Gasteiger partial charge in [-0.15, -0.1) is 23.5 Å². The zero-order chi connectivity index (χ0) is 29.7. The van der Waals surface area contributed by atoms with Crippen LogP contribution in [0.3, 0.4) is 0 Å². The molecule has 12 nitrogen and oxygen atoms in total. The standard InChI is InChI=1S/C28H44N6O6S2/c1-4-6-15-38-17-26-40-24(19-42-26)34-13-10-22(32-28(34)36)30-20(3)8-7-11-29-21-9-12-33(27(35)31-21)23-18-41-25(39-23)16-37-14-5-2/h9-10,12-13,20,23-26H,4-8,11,14-19H2,1-3H3,(H,29,31,35)(H,30,32,36)/t20?,23-,24-,25+,26+/m1/s1. The first-order valence-electron chi connectivity index (χ1n) is 14.8. The fourth-order valence-corrected chi connectivity index (χ4v) is 6.53. The number of nitrogens with one attached hydrogen (secondary N) is 2. The molecule has 2 saturated heterocycles. The SMILES string of the molecule is CCCCOC[C@H]1O[C@@H](n2ccc(NC(C)CCCNc3ccn([C@H]4CS[C@@H](COCCC)O4)c(=O)n3)nc2=O)CS1. The number of unbranched alkanes of at least 4 members (excludes halogenated alkanes) is 1. The van der Waals surface area contributed by atoms with E-state index in [1.54, 1.807) is 48.1 Å². The van der Waals surface area contributed by atoms with Crippen LogP contribution in [0.1, 0.15) is 65.3 Å². The highest BCUT2D eigenvalue weighted by Gasteiger charge is 2.29. The number of ether oxygens (including phenoxy) is 4. The lowest BCUT2D eigenvalue weighted by Gasteiger charge is -2.17. The normalized spacial score (nSPS) is 22.8. The number of aromatic nitrogens is 4. The van der Waals surface area contributed by atoms with Crippen LogP contribution in [-0.2, 0) is 18.9 Å². The lowest BCUT2D eigenvalue weighted by molar-refractivity contribution is -0.0250. The molecule has 0 bridgehead atoms. The predicted molar refractivity (Wildman–Crippen MR) is 167 cm³/mol. The van der Waals surface area contributed by atoms with Gasteiger partial charge in [0.2, 0.25) is 0 Å². The van der Waals surface area contributed by atoms with Gasteiger partial charge in [0, 0.05) is 49.7 Å².